The summed E-state index contributed by atoms with van der Waals surface area (Å²) in [4.78, 5) is 23.7. The molecule has 0 saturated carbocycles. The molecule has 0 spiro atoms. The Balaban J connectivity index is 3.20. The molecule has 0 saturated heterocycles. The summed E-state index contributed by atoms with van der Waals surface area (Å²) in [5.41, 5.74) is -0.206. The van der Waals surface area contributed by atoms with Gasteiger partial charge in [0.1, 0.15) is 0 Å². The lowest BCUT2D eigenvalue weighted by Crippen LogP contribution is -1.94. The molecule has 13 heavy (non-hydrogen) atoms. The quantitative estimate of drug-likeness (QED) is 0.329. The summed E-state index contributed by atoms with van der Waals surface area (Å²) in [6.45, 7) is 0. The first-order valence-electron chi connectivity index (χ1n) is 3.24. The van der Waals surface area contributed by atoms with Gasteiger partial charge in [0, 0.05) is 6.07 Å². The van der Waals surface area contributed by atoms with Crippen molar-refractivity contribution in [1.82, 2.24) is 0 Å². The van der Waals surface area contributed by atoms with Crippen LogP contribution in [0.5, 0.6) is 5.75 Å². The van der Waals surface area contributed by atoms with Crippen molar-refractivity contribution in [3.05, 3.63) is 33.9 Å². The van der Waals surface area contributed by atoms with Crippen LogP contribution in [0.2, 0.25) is 0 Å². The van der Waals surface area contributed by atoms with E-state index in [4.69, 9.17) is 5.26 Å². The number of non-ortho nitro benzene ring substituents is 1. The van der Waals surface area contributed by atoms with E-state index in [2.05, 4.69) is 4.89 Å². The second-order valence-electron chi connectivity index (χ2n) is 2.19. The Labute approximate surface area is 72.4 Å². The Morgan fingerprint density at radius 3 is 2.69 bits per heavy atom. The molecule has 0 aliphatic heterocycles. The number of hydrogen-bond acceptors (Lipinski definition) is 5. The van der Waals surface area contributed by atoms with Gasteiger partial charge in [-0.1, -0.05) is 0 Å². The Kier molecular flexibility index (Phi) is 2.56. The maximum absolute atomic E-state index is 10.3. The Hall–Kier alpha value is -1.95. The van der Waals surface area contributed by atoms with Gasteiger partial charge in [-0.05, 0) is 6.07 Å². The Morgan fingerprint density at radius 2 is 2.23 bits per heavy atom. The van der Waals surface area contributed by atoms with Crippen LogP contribution in [-0.4, -0.2) is 16.5 Å². The zero-order valence-electron chi connectivity index (χ0n) is 6.34. The summed E-state index contributed by atoms with van der Waals surface area (Å²) in [5, 5.41) is 18.5. The number of carbonyl (C=O) groups excluding carboxylic acids is 1. The minimum atomic E-state index is -0.656. The van der Waals surface area contributed by atoms with E-state index in [0.29, 0.717) is 6.29 Å². The van der Waals surface area contributed by atoms with Crippen LogP contribution in [0.1, 0.15) is 10.4 Å². The average Bonchev–Trinajstić information content (AvgIpc) is 2.16. The second kappa shape index (κ2) is 3.63. The number of benzene rings is 1. The van der Waals surface area contributed by atoms with E-state index in [-0.39, 0.29) is 17.0 Å². The summed E-state index contributed by atoms with van der Waals surface area (Å²) in [6, 6.07) is 3.30. The molecular weight excluding hydrogens is 178 g/mol. The SMILES string of the molecule is O=Cc1ccc([N+](=O)[O-])cc1OO. The van der Waals surface area contributed by atoms with Crippen molar-refractivity contribution in [1.29, 1.82) is 0 Å². The van der Waals surface area contributed by atoms with E-state index in [1.807, 2.05) is 0 Å². The lowest BCUT2D eigenvalue weighted by atomic mass is 10.2. The lowest BCUT2D eigenvalue weighted by Gasteiger charge is -1.98. The van der Waals surface area contributed by atoms with Gasteiger partial charge >= 0.3 is 0 Å². The molecule has 68 valence electrons. The molecule has 1 aromatic rings. The second-order valence-corrected chi connectivity index (χ2v) is 2.19. The highest BCUT2D eigenvalue weighted by molar-refractivity contribution is 5.80. The Morgan fingerprint density at radius 1 is 1.54 bits per heavy atom. The van der Waals surface area contributed by atoms with Crippen LogP contribution >= 0.6 is 0 Å². The normalized spacial score (nSPS) is 9.31. The molecule has 0 aliphatic carbocycles. The van der Waals surface area contributed by atoms with E-state index in [1.165, 1.54) is 6.07 Å². The van der Waals surface area contributed by atoms with Crippen molar-refractivity contribution >= 4 is 12.0 Å². The van der Waals surface area contributed by atoms with Gasteiger partial charge < -0.3 is 4.89 Å². The summed E-state index contributed by atoms with van der Waals surface area (Å²) in [5.74, 6) is -0.232. The number of nitro groups is 1. The maximum atomic E-state index is 10.3. The Bertz CT molecular complexity index is 349. The van der Waals surface area contributed by atoms with E-state index < -0.39 is 4.92 Å². The molecule has 1 N–H and O–H groups in total. The highest BCUT2D eigenvalue weighted by atomic mass is 17.1. The first-order valence-corrected chi connectivity index (χ1v) is 3.24. The van der Waals surface area contributed by atoms with Crippen LogP contribution in [0.15, 0.2) is 18.2 Å². The van der Waals surface area contributed by atoms with Gasteiger partial charge in [-0.15, -0.1) is 0 Å². The van der Waals surface area contributed by atoms with Gasteiger partial charge in [0.2, 0.25) is 0 Å². The topological polar surface area (TPSA) is 89.7 Å². The van der Waals surface area contributed by atoms with Gasteiger partial charge in [-0.25, -0.2) is 5.26 Å². The summed E-state index contributed by atoms with van der Waals surface area (Å²) in [7, 11) is 0. The van der Waals surface area contributed by atoms with Crippen LogP contribution < -0.4 is 4.89 Å². The molecule has 0 heterocycles. The molecule has 6 heteroatoms. The van der Waals surface area contributed by atoms with E-state index >= 15 is 0 Å². The van der Waals surface area contributed by atoms with Crippen molar-refractivity contribution in [3.8, 4) is 5.75 Å². The summed E-state index contributed by atoms with van der Waals surface area (Å²) in [6.07, 6.45) is 0.426. The molecule has 6 nitrogen and oxygen atoms in total. The molecule has 0 unspecified atom stereocenters. The molecule has 1 aromatic carbocycles. The van der Waals surface area contributed by atoms with Crippen LogP contribution in [-0.2, 0) is 0 Å². The highest BCUT2D eigenvalue weighted by Crippen LogP contribution is 2.22. The monoisotopic (exact) mass is 183 g/mol. The number of carbonyl (C=O) groups is 1. The molecular formula is C7H5NO5. The molecule has 0 amide bonds. The minimum Gasteiger partial charge on any atom is -0.339 e. The zero-order chi connectivity index (χ0) is 9.84. The third-order valence-electron chi connectivity index (χ3n) is 1.43. The predicted molar refractivity (Wildman–Crippen MR) is 41.7 cm³/mol. The molecule has 0 radical (unpaired) electrons. The van der Waals surface area contributed by atoms with Crippen LogP contribution in [0, 0.1) is 10.1 Å². The van der Waals surface area contributed by atoms with Gasteiger partial charge in [0.25, 0.3) is 5.69 Å². The van der Waals surface area contributed by atoms with Gasteiger partial charge in [0.15, 0.2) is 12.0 Å². The smallest absolute Gasteiger partial charge is 0.273 e. The first-order chi connectivity index (χ1) is 6.19. The molecule has 1 rings (SSSR count). The highest BCUT2D eigenvalue weighted by Gasteiger charge is 2.11. The van der Waals surface area contributed by atoms with Crippen LogP contribution in [0.25, 0.3) is 0 Å². The number of nitrogens with zero attached hydrogens (tertiary/aromatic N) is 1. The summed E-state index contributed by atoms with van der Waals surface area (Å²) < 4.78 is 0. The van der Waals surface area contributed by atoms with Gasteiger partial charge in [-0.3, -0.25) is 14.9 Å². The van der Waals surface area contributed by atoms with Gasteiger partial charge in [0.05, 0.1) is 16.6 Å². The molecule has 0 bridgehead atoms. The van der Waals surface area contributed by atoms with E-state index in [0.717, 1.165) is 12.1 Å². The van der Waals surface area contributed by atoms with E-state index in [9.17, 15) is 14.9 Å². The maximum Gasteiger partial charge on any atom is 0.273 e. The van der Waals surface area contributed by atoms with Crippen molar-refractivity contribution < 1.29 is 19.9 Å². The molecule has 0 atom stereocenters. The average molecular weight is 183 g/mol. The standard InChI is InChI=1S/C7H5NO5/c9-4-5-1-2-6(8(10)11)3-7(5)13-12/h1-4,12H. The van der Waals surface area contributed by atoms with E-state index in [1.54, 1.807) is 0 Å². The van der Waals surface area contributed by atoms with Crippen molar-refractivity contribution in [3.63, 3.8) is 0 Å². The third kappa shape index (κ3) is 1.79. The van der Waals surface area contributed by atoms with Crippen molar-refractivity contribution in [2.24, 2.45) is 0 Å². The first kappa shape index (κ1) is 9.14. The number of nitro benzene ring substituents is 1. The number of rotatable bonds is 3. The molecule has 0 aromatic heterocycles. The third-order valence-corrected chi connectivity index (χ3v) is 1.43. The minimum absolute atomic E-state index is 0.0492. The van der Waals surface area contributed by atoms with Crippen molar-refractivity contribution in [2.45, 2.75) is 0 Å². The van der Waals surface area contributed by atoms with Crippen LogP contribution in [0.3, 0.4) is 0 Å². The van der Waals surface area contributed by atoms with Crippen LogP contribution in [0.4, 0.5) is 5.69 Å². The molecule has 0 fully saturated rings. The number of hydrogen-bond donors (Lipinski definition) is 1. The summed E-state index contributed by atoms with van der Waals surface area (Å²) >= 11 is 0. The van der Waals surface area contributed by atoms with Crippen molar-refractivity contribution in [2.75, 3.05) is 0 Å². The fourth-order valence-electron chi connectivity index (χ4n) is 0.813. The largest absolute Gasteiger partial charge is 0.339 e. The van der Waals surface area contributed by atoms with Gasteiger partial charge in [-0.2, -0.15) is 0 Å². The predicted octanol–water partition coefficient (Wildman–Crippen LogP) is 1.26. The zero-order valence-corrected chi connectivity index (χ0v) is 6.34. The lowest BCUT2D eigenvalue weighted by molar-refractivity contribution is -0.385. The fraction of sp³-hybridized carbons (Fsp3) is 0. The number of aldehydes is 1. The molecule has 0 aliphatic rings. The fourth-order valence-corrected chi connectivity index (χ4v) is 0.813.